The molecule has 0 aromatic carbocycles. The summed E-state index contributed by atoms with van der Waals surface area (Å²) in [6.07, 6.45) is 1.36. The zero-order valence-corrected chi connectivity index (χ0v) is 6.72. The van der Waals surface area contributed by atoms with Gasteiger partial charge in [0, 0.05) is 11.8 Å². The molecule has 0 aromatic heterocycles. The minimum Gasteiger partial charge on any atom is -0.303 e. The van der Waals surface area contributed by atoms with Crippen molar-refractivity contribution in [2.75, 3.05) is 0 Å². The van der Waals surface area contributed by atoms with E-state index in [1.54, 1.807) is 0 Å². The van der Waals surface area contributed by atoms with Gasteiger partial charge in [-0.15, -0.1) is 0 Å². The van der Waals surface area contributed by atoms with Gasteiger partial charge in [0.25, 0.3) is 0 Å². The summed E-state index contributed by atoms with van der Waals surface area (Å²) in [6, 6.07) is 2.05. The Morgan fingerprint density at radius 2 is 2.20 bits per heavy atom. The lowest BCUT2D eigenvalue weighted by atomic mass is 9.80. The van der Waals surface area contributed by atoms with E-state index in [1.807, 2.05) is 26.8 Å². The highest BCUT2D eigenvalue weighted by molar-refractivity contribution is 5.58. The highest BCUT2D eigenvalue weighted by Crippen LogP contribution is 2.25. The van der Waals surface area contributed by atoms with Crippen LogP contribution in [0.3, 0.4) is 0 Å². The summed E-state index contributed by atoms with van der Waals surface area (Å²) in [5.41, 5.74) is -0.351. The van der Waals surface area contributed by atoms with Crippen LogP contribution in [-0.2, 0) is 4.79 Å². The molecule has 10 heavy (non-hydrogen) atoms. The topological polar surface area (TPSA) is 40.9 Å². The largest absolute Gasteiger partial charge is 0.303 e. The second-order valence-electron chi connectivity index (χ2n) is 3.20. The number of aldehydes is 1. The van der Waals surface area contributed by atoms with E-state index in [1.165, 1.54) is 0 Å². The summed E-state index contributed by atoms with van der Waals surface area (Å²) < 4.78 is 0. The third-order valence-corrected chi connectivity index (χ3v) is 1.97. The van der Waals surface area contributed by atoms with Gasteiger partial charge in [-0.25, -0.2) is 0 Å². The van der Waals surface area contributed by atoms with Gasteiger partial charge in [-0.1, -0.05) is 20.8 Å². The van der Waals surface area contributed by atoms with E-state index in [2.05, 4.69) is 0 Å². The normalized spacial score (nSPS) is 13.8. The molecule has 0 bridgehead atoms. The Hall–Kier alpha value is -0.840. The van der Waals surface area contributed by atoms with Crippen molar-refractivity contribution in [3.05, 3.63) is 0 Å². The predicted octanol–water partition coefficient (Wildman–Crippen LogP) is 1.76. The number of nitriles is 1. The average Bonchev–Trinajstić information content (AvgIpc) is 1.89. The van der Waals surface area contributed by atoms with Gasteiger partial charge < -0.3 is 4.79 Å². The number of carbonyl (C=O) groups is 1. The highest BCUT2D eigenvalue weighted by Gasteiger charge is 2.24. The van der Waals surface area contributed by atoms with Crippen molar-refractivity contribution in [3.63, 3.8) is 0 Å². The van der Waals surface area contributed by atoms with E-state index in [0.717, 1.165) is 6.29 Å². The Labute approximate surface area is 61.8 Å². The summed E-state index contributed by atoms with van der Waals surface area (Å²) in [6.45, 7) is 5.61. The monoisotopic (exact) mass is 139 g/mol. The first-order valence-corrected chi connectivity index (χ1v) is 3.38. The fourth-order valence-corrected chi connectivity index (χ4v) is 0.516. The molecule has 1 unspecified atom stereocenters. The lowest BCUT2D eigenvalue weighted by molar-refractivity contribution is -0.116. The van der Waals surface area contributed by atoms with E-state index >= 15 is 0 Å². The molecule has 0 aliphatic rings. The standard InChI is InChI=1S/C8H13NO/c1-7(4-5-9)8(2,3)6-10/h6-7H,4H2,1-3H3. The van der Waals surface area contributed by atoms with Crippen LogP contribution in [0.1, 0.15) is 27.2 Å². The third-order valence-electron chi connectivity index (χ3n) is 1.97. The Morgan fingerprint density at radius 1 is 1.70 bits per heavy atom. The number of hydrogen-bond donors (Lipinski definition) is 0. The molecule has 0 aliphatic heterocycles. The van der Waals surface area contributed by atoms with Crippen molar-refractivity contribution >= 4 is 6.29 Å². The first-order chi connectivity index (χ1) is 4.54. The molecule has 1 atom stereocenters. The van der Waals surface area contributed by atoms with Crippen LogP contribution in [0.15, 0.2) is 0 Å². The fraction of sp³-hybridized carbons (Fsp3) is 0.750. The third kappa shape index (κ3) is 2.18. The summed E-state index contributed by atoms with van der Waals surface area (Å²) in [7, 11) is 0. The molecule has 0 spiro atoms. The van der Waals surface area contributed by atoms with Crippen molar-refractivity contribution in [3.8, 4) is 6.07 Å². The zero-order chi connectivity index (χ0) is 8.20. The fourth-order valence-electron chi connectivity index (χ4n) is 0.516. The summed E-state index contributed by atoms with van der Waals surface area (Å²) in [5.74, 6) is 0.148. The lowest BCUT2D eigenvalue weighted by Crippen LogP contribution is -2.22. The average molecular weight is 139 g/mol. The highest BCUT2D eigenvalue weighted by atomic mass is 16.1. The summed E-state index contributed by atoms with van der Waals surface area (Å²) >= 11 is 0. The molecule has 56 valence electrons. The van der Waals surface area contributed by atoms with Gasteiger partial charge >= 0.3 is 0 Å². The second kappa shape index (κ2) is 3.36. The van der Waals surface area contributed by atoms with Crippen LogP contribution in [-0.4, -0.2) is 6.29 Å². The maximum atomic E-state index is 10.4. The second-order valence-corrected chi connectivity index (χ2v) is 3.20. The van der Waals surface area contributed by atoms with Crippen LogP contribution in [0.5, 0.6) is 0 Å². The van der Waals surface area contributed by atoms with Gasteiger partial charge in [0.1, 0.15) is 6.29 Å². The minimum atomic E-state index is -0.351. The molecule has 2 heteroatoms. The van der Waals surface area contributed by atoms with Crippen LogP contribution < -0.4 is 0 Å². The Balaban J connectivity index is 4.06. The van der Waals surface area contributed by atoms with E-state index in [9.17, 15) is 4.79 Å². The molecule has 0 aliphatic carbocycles. The molecule has 0 fully saturated rings. The van der Waals surface area contributed by atoms with Crippen LogP contribution in [0.2, 0.25) is 0 Å². The maximum absolute atomic E-state index is 10.4. The van der Waals surface area contributed by atoms with Crippen LogP contribution in [0, 0.1) is 22.7 Å². The summed E-state index contributed by atoms with van der Waals surface area (Å²) in [4.78, 5) is 10.4. The zero-order valence-electron chi connectivity index (χ0n) is 6.72. The molecular weight excluding hydrogens is 126 g/mol. The van der Waals surface area contributed by atoms with Crippen LogP contribution in [0.4, 0.5) is 0 Å². The molecule has 0 rings (SSSR count). The van der Waals surface area contributed by atoms with Crippen molar-refractivity contribution < 1.29 is 4.79 Å². The Morgan fingerprint density at radius 3 is 2.50 bits per heavy atom. The van der Waals surface area contributed by atoms with Gasteiger partial charge in [0.05, 0.1) is 6.07 Å². The molecule has 0 amide bonds. The number of carbonyl (C=O) groups excluding carboxylic acids is 1. The summed E-state index contributed by atoms with van der Waals surface area (Å²) in [5, 5.41) is 8.33. The van der Waals surface area contributed by atoms with Crippen molar-refractivity contribution in [2.24, 2.45) is 11.3 Å². The maximum Gasteiger partial charge on any atom is 0.125 e. The van der Waals surface area contributed by atoms with E-state index < -0.39 is 0 Å². The van der Waals surface area contributed by atoms with Crippen LogP contribution in [0.25, 0.3) is 0 Å². The predicted molar refractivity (Wildman–Crippen MR) is 39.2 cm³/mol. The van der Waals surface area contributed by atoms with E-state index in [-0.39, 0.29) is 11.3 Å². The van der Waals surface area contributed by atoms with Crippen LogP contribution >= 0.6 is 0 Å². The minimum absolute atomic E-state index is 0.148. The van der Waals surface area contributed by atoms with E-state index in [0.29, 0.717) is 6.42 Å². The molecule has 0 heterocycles. The molecule has 0 N–H and O–H groups in total. The van der Waals surface area contributed by atoms with Crippen molar-refractivity contribution in [2.45, 2.75) is 27.2 Å². The first kappa shape index (κ1) is 9.16. The quantitative estimate of drug-likeness (QED) is 0.559. The molecule has 0 radical (unpaired) electrons. The molecule has 0 aromatic rings. The molecular formula is C8H13NO. The van der Waals surface area contributed by atoms with Crippen molar-refractivity contribution in [1.29, 1.82) is 5.26 Å². The molecule has 0 saturated carbocycles. The Bertz CT molecular complexity index is 155. The molecule has 2 nitrogen and oxygen atoms in total. The number of nitrogens with zero attached hydrogens (tertiary/aromatic N) is 1. The van der Waals surface area contributed by atoms with Gasteiger partial charge in [-0.2, -0.15) is 5.26 Å². The van der Waals surface area contributed by atoms with E-state index in [4.69, 9.17) is 5.26 Å². The van der Waals surface area contributed by atoms with Gasteiger partial charge in [-0.3, -0.25) is 0 Å². The van der Waals surface area contributed by atoms with Crippen molar-refractivity contribution in [1.82, 2.24) is 0 Å². The first-order valence-electron chi connectivity index (χ1n) is 3.38. The molecule has 0 saturated heterocycles. The number of rotatable bonds is 3. The SMILES string of the molecule is CC(CC#N)C(C)(C)C=O. The smallest absolute Gasteiger partial charge is 0.125 e. The lowest BCUT2D eigenvalue weighted by Gasteiger charge is -2.22. The van der Waals surface area contributed by atoms with Gasteiger partial charge in [-0.05, 0) is 5.92 Å². The Kier molecular flexibility index (Phi) is 3.08. The van der Waals surface area contributed by atoms with Gasteiger partial charge in [0.2, 0.25) is 0 Å². The van der Waals surface area contributed by atoms with Gasteiger partial charge in [0.15, 0.2) is 0 Å². The number of hydrogen-bond acceptors (Lipinski definition) is 2.